The summed E-state index contributed by atoms with van der Waals surface area (Å²) in [4.78, 5) is 15.0. The summed E-state index contributed by atoms with van der Waals surface area (Å²) in [6.45, 7) is 5.99. The number of carbonyl (C=O) groups is 1. The van der Waals surface area contributed by atoms with Crippen molar-refractivity contribution in [1.29, 1.82) is 0 Å². The average Bonchev–Trinajstić information content (AvgIpc) is 2.83. The number of methoxy groups -OCH3 is 2. The van der Waals surface area contributed by atoms with Crippen LogP contribution in [0.4, 0.5) is 5.69 Å². The Bertz CT molecular complexity index is 1090. The minimum Gasteiger partial charge on any atom is -0.493 e. The number of ether oxygens (including phenoxy) is 2. The summed E-state index contributed by atoms with van der Waals surface area (Å²) in [6.07, 6.45) is 2.48. The molecule has 1 fully saturated rings. The van der Waals surface area contributed by atoms with E-state index in [1.807, 2.05) is 19.1 Å². The Kier molecular flexibility index (Phi) is 8.43. The molecule has 9 heteroatoms. The van der Waals surface area contributed by atoms with Gasteiger partial charge in [0, 0.05) is 31.9 Å². The molecule has 0 aliphatic carbocycles. The summed E-state index contributed by atoms with van der Waals surface area (Å²) in [6, 6.07) is 12.3. The van der Waals surface area contributed by atoms with Crippen molar-refractivity contribution in [3.63, 3.8) is 0 Å². The molecule has 3 rings (SSSR count). The highest BCUT2D eigenvalue weighted by molar-refractivity contribution is 7.89. The molecule has 2 atom stereocenters. The van der Waals surface area contributed by atoms with Crippen LogP contribution >= 0.6 is 0 Å². The maximum absolute atomic E-state index is 12.9. The van der Waals surface area contributed by atoms with Gasteiger partial charge in [-0.3, -0.25) is 4.79 Å². The number of nitrogens with one attached hydrogen (secondary N) is 1. The number of hydrogen-bond acceptors (Lipinski definition) is 6. The van der Waals surface area contributed by atoms with E-state index in [0.29, 0.717) is 17.4 Å². The van der Waals surface area contributed by atoms with E-state index in [2.05, 4.69) is 29.3 Å². The third-order valence-electron chi connectivity index (χ3n) is 6.22. The molecule has 1 saturated heterocycles. The van der Waals surface area contributed by atoms with Crippen LogP contribution in [-0.4, -0.2) is 59.5 Å². The van der Waals surface area contributed by atoms with Crippen LogP contribution in [0.5, 0.6) is 11.5 Å². The molecule has 1 amide bonds. The number of amides is 1. The number of carbonyl (C=O) groups excluding carboxylic acids is 1. The molecule has 0 bridgehead atoms. The fourth-order valence-corrected chi connectivity index (χ4v) is 5.36. The lowest BCUT2D eigenvalue weighted by Crippen LogP contribution is -2.39. The molecule has 8 nitrogen and oxygen atoms in total. The number of benzene rings is 2. The Hall–Kier alpha value is -2.78. The van der Waals surface area contributed by atoms with Crippen molar-refractivity contribution in [1.82, 2.24) is 9.62 Å². The first-order chi connectivity index (χ1) is 16.1. The lowest BCUT2D eigenvalue weighted by Gasteiger charge is -2.33. The van der Waals surface area contributed by atoms with Gasteiger partial charge in [0.25, 0.3) is 0 Å². The molecule has 34 heavy (non-hydrogen) atoms. The Balaban J connectivity index is 1.61. The largest absolute Gasteiger partial charge is 0.493 e. The predicted molar refractivity (Wildman–Crippen MR) is 133 cm³/mol. The maximum atomic E-state index is 12.9. The zero-order chi connectivity index (χ0) is 24.9. The third kappa shape index (κ3) is 6.01. The van der Waals surface area contributed by atoms with Crippen LogP contribution in [0.3, 0.4) is 0 Å². The first-order valence-corrected chi connectivity index (χ1v) is 12.9. The lowest BCUT2D eigenvalue weighted by molar-refractivity contribution is -0.121. The highest BCUT2D eigenvalue weighted by atomic mass is 32.2. The molecular formula is C25H35N3O5S. The molecule has 1 aliphatic heterocycles. The molecule has 1 N–H and O–H groups in total. The van der Waals surface area contributed by atoms with E-state index in [9.17, 15) is 13.2 Å². The van der Waals surface area contributed by atoms with Gasteiger partial charge in [-0.05, 0) is 55.5 Å². The topological polar surface area (TPSA) is 88.2 Å². The van der Waals surface area contributed by atoms with Crippen LogP contribution < -0.4 is 19.7 Å². The fourth-order valence-electron chi connectivity index (χ4n) is 4.21. The minimum absolute atomic E-state index is 0.0242. The van der Waals surface area contributed by atoms with E-state index in [1.165, 1.54) is 58.0 Å². The molecule has 0 spiro atoms. The number of sulfonamides is 1. The SMILES string of the molecule is COc1ccc(S(=O)(=O)N(C)CC(=O)N[C@@H](C)c2ccc(N3CCC[C@@H](C)C3)cc2)cc1OC. The molecule has 0 unspecified atom stereocenters. The molecule has 186 valence electrons. The van der Waals surface area contributed by atoms with Gasteiger partial charge in [-0.2, -0.15) is 4.31 Å². The van der Waals surface area contributed by atoms with Crippen molar-refractivity contribution in [2.75, 3.05) is 45.8 Å². The number of piperidine rings is 1. The second-order valence-electron chi connectivity index (χ2n) is 8.85. The van der Waals surface area contributed by atoms with Crippen molar-refractivity contribution in [3.8, 4) is 11.5 Å². The van der Waals surface area contributed by atoms with E-state index in [0.717, 1.165) is 23.0 Å². The first kappa shape index (κ1) is 25.8. The Morgan fingerprint density at radius 1 is 1.15 bits per heavy atom. The second-order valence-corrected chi connectivity index (χ2v) is 10.9. The van der Waals surface area contributed by atoms with Crippen LogP contribution in [0.1, 0.15) is 38.3 Å². The zero-order valence-electron chi connectivity index (χ0n) is 20.6. The van der Waals surface area contributed by atoms with Crippen molar-refractivity contribution in [2.45, 2.75) is 37.6 Å². The number of nitrogens with zero attached hydrogens (tertiary/aromatic N) is 2. The van der Waals surface area contributed by atoms with Gasteiger partial charge < -0.3 is 19.7 Å². The number of anilines is 1. The third-order valence-corrected chi connectivity index (χ3v) is 8.02. The molecule has 2 aromatic rings. The Morgan fingerprint density at radius 3 is 2.44 bits per heavy atom. The van der Waals surface area contributed by atoms with Gasteiger partial charge in [0.1, 0.15) is 0 Å². The van der Waals surface area contributed by atoms with E-state index >= 15 is 0 Å². The minimum atomic E-state index is -3.88. The van der Waals surface area contributed by atoms with Gasteiger partial charge >= 0.3 is 0 Å². The predicted octanol–water partition coefficient (Wildman–Crippen LogP) is 3.44. The van der Waals surface area contributed by atoms with E-state index in [-0.39, 0.29) is 23.4 Å². The first-order valence-electron chi connectivity index (χ1n) is 11.5. The van der Waals surface area contributed by atoms with Gasteiger partial charge in [-0.15, -0.1) is 0 Å². The molecular weight excluding hydrogens is 454 g/mol. The van der Waals surface area contributed by atoms with Gasteiger partial charge in [-0.1, -0.05) is 19.1 Å². The molecule has 0 saturated carbocycles. The molecule has 0 aromatic heterocycles. The van der Waals surface area contributed by atoms with Crippen LogP contribution in [0.2, 0.25) is 0 Å². The molecule has 0 radical (unpaired) electrons. The summed E-state index contributed by atoms with van der Waals surface area (Å²) in [5.74, 6) is 1.04. The number of hydrogen-bond donors (Lipinski definition) is 1. The van der Waals surface area contributed by atoms with E-state index in [1.54, 1.807) is 0 Å². The number of likely N-dealkylation sites (N-methyl/N-ethyl adjacent to an activating group) is 1. The Labute approximate surface area is 202 Å². The normalized spacial score (nSPS) is 17.4. The molecule has 1 aliphatic rings. The fraction of sp³-hybridized carbons (Fsp3) is 0.480. The molecule has 1 heterocycles. The van der Waals surface area contributed by atoms with Crippen LogP contribution in [-0.2, 0) is 14.8 Å². The highest BCUT2D eigenvalue weighted by Crippen LogP contribution is 2.30. The quantitative estimate of drug-likeness (QED) is 0.581. The van der Waals surface area contributed by atoms with Crippen molar-refractivity contribution in [2.24, 2.45) is 5.92 Å². The monoisotopic (exact) mass is 489 g/mol. The second kappa shape index (κ2) is 11.1. The highest BCUT2D eigenvalue weighted by Gasteiger charge is 2.25. The summed E-state index contributed by atoms with van der Waals surface area (Å²) < 4.78 is 37.3. The van der Waals surface area contributed by atoms with Crippen LogP contribution in [0, 0.1) is 5.92 Å². The smallest absolute Gasteiger partial charge is 0.243 e. The number of rotatable bonds is 9. The van der Waals surface area contributed by atoms with Gasteiger partial charge in [0.15, 0.2) is 11.5 Å². The van der Waals surface area contributed by atoms with Crippen LogP contribution in [0.15, 0.2) is 47.4 Å². The average molecular weight is 490 g/mol. The van der Waals surface area contributed by atoms with Crippen LogP contribution in [0.25, 0.3) is 0 Å². The van der Waals surface area contributed by atoms with E-state index < -0.39 is 10.0 Å². The van der Waals surface area contributed by atoms with Crippen molar-refractivity contribution >= 4 is 21.6 Å². The lowest BCUT2D eigenvalue weighted by atomic mass is 9.99. The summed E-state index contributed by atoms with van der Waals surface area (Å²) in [5, 5.41) is 2.89. The molecule has 2 aromatic carbocycles. The summed E-state index contributed by atoms with van der Waals surface area (Å²) in [5.41, 5.74) is 2.15. The van der Waals surface area contributed by atoms with Gasteiger partial charge in [0.2, 0.25) is 15.9 Å². The standard InChI is InChI=1S/C25H35N3O5S/c1-18-7-6-14-28(16-18)21-10-8-20(9-11-21)19(2)26-25(29)17-27(3)34(30,31)22-12-13-23(32-4)24(15-22)33-5/h8-13,15,18-19H,6-7,14,16-17H2,1-5H3,(H,26,29)/t18-,19+/m1/s1. The van der Waals surface area contributed by atoms with Crippen molar-refractivity contribution < 1.29 is 22.7 Å². The van der Waals surface area contributed by atoms with Gasteiger partial charge in [0.05, 0.1) is 31.7 Å². The zero-order valence-corrected chi connectivity index (χ0v) is 21.4. The van der Waals surface area contributed by atoms with Crippen molar-refractivity contribution in [3.05, 3.63) is 48.0 Å². The maximum Gasteiger partial charge on any atom is 0.243 e. The van der Waals surface area contributed by atoms with Gasteiger partial charge in [-0.25, -0.2) is 8.42 Å². The van der Waals surface area contributed by atoms with E-state index in [4.69, 9.17) is 9.47 Å². The summed E-state index contributed by atoms with van der Waals surface area (Å²) >= 11 is 0. The Morgan fingerprint density at radius 2 is 1.82 bits per heavy atom. The summed E-state index contributed by atoms with van der Waals surface area (Å²) in [7, 11) is 0.411.